The first kappa shape index (κ1) is 13.5. The van der Waals surface area contributed by atoms with Gasteiger partial charge in [-0.2, -0.15) is 19.7 Å². The first-order chi connectivity index (χ1) is 10.3. The molecule has 8 nitrogen and oxygen atoms in total. The van der Waals surface area contributed by atoms with Crippen LogP contribution in [0.2, 0.25) is 0 Å². The first-order valence-electron chi connectivity index (χ1n) is 7.16. The predicted octanol–water partition coefficient (Wildman–Crippen LogP) is 1.49. The van der Waals surface area contributed by atoms with Gasteiger partial charge in [0.1, 0.15) is 5.82 Å². The summed E-state index contributed by atoms with van der Waals surface area (Å²) >= 11 is 0. The van der Waals surface area contributed by atoms with Gasteiger partial charge in [0.05, 0.1) is 11.6 Å². The normalized spacial score (nSPS) is 11.2. The number of anilines is 1. The summed E-state index contributed by atoms with van der Waals surface area (Å²) in [6.45, 7) is 6.84. The number of fused-ring (bicyclic) bond motifs is 1. The van der Waals surface area contributed by atoms with Gasteiger partial charge in [0, 0.05) is 19.4 Å². The molecule has 2 N–H and O–H groups in total. The van der Waals surface area contributed by atoms with E-state index in [0.717, 1.165) is 36.4 Å². The third-order valence-electron chi connectivity index (χ3n) is 3.18. The molecule has 0 atom stereocenters. The van der Waals surface area contributed by atoms with E-state index in [1.165, 1.54) is 0 Å². The summed E-state index contributed by atoms with van der Waals surface area (Å²) in [5.74, 6) is 2.95. The minimum atomic E-state index is 0.555. The van der Waals surface area contributed by atoms with E-state index in [4.69, 9.17) is 0 Å². The molecule has 3 aromatic heterocycles. The van der Waals surface area contributed by atoms with Gasteiger partial charge in [-0.15, -0.1) is 5.10 Å². The Morgan fingerprint density at radius 2 is 2.00 bits per heavy atom. The largest absolute Gasteiger partial charge is 0.354 e. The number of H-pyrrole nitrogens is 1. The lowest BCUT2D eigenvalue weighted by atomic mass is 10.3. The Labute approximate surface area is 122 Å². The number of aryl methyl sites for hydroxylation is 2. The maximum Gasteiger partial charge on any atom is 0.226 e. The van der Waals surface area contributed by atoms with Crippen molar-refractivity contribution in [2.75, 3.05) is 11.9 Å². The van der Waals surface area contributed by atoms with Gasteiger partial charge in [0.2, 0.25) is 5.95 Å². The van der Waals surface area contributed by atoms with Crippen LogP contribution in [-0.2, 0) is 12.8 Å². The van der Waals surface area contributed by atoms with Crippen molar-refractivity contribution in [1.29, 1.82) is 0 Å². The average molecular weight is 286 g/mol. The Bertz CT molecular complexity index is 757. The number of nitrogens with one attached hydrogen (secondary N) is 2. The van der Waals surface area contributed by atoms with Crippen LogP contribution in [0.5, 0.6) is 0 Å². The van der Waals surface area contributed by atoms with Gasteiger partial charge in [0.15, 0.2) is 17.3 Å². The van der Waals surface area contributed by atoms with E-state index >= 15 is 0 Å². The molecule has 3 rings (SSSR count). The summed E-state index contributed by atoms with van der Waals surface area (Å²) in [5.41, 5.74) is 0.687. The van der Waals surface area contributed by atoms with Crippen LogP contribution in [0.4, 0.5) is 5.95 Å². The molecule has 8 heteroatoms. The van der Waals surface area contributed by atoms with Gasteiger partial charge in [-0.1, -0.05) is 13.8 Å². The standard InChI is InChI=1S/C13H18N8/c1-4-9-16-10(5-2)21(20-9)12-8-7-15-19-11(8)17-13(18-12)14-6-3/h7H,4-6H2,1-3H3,(H2,14,15,17,18,19). The van der Waals surface area contributed by atoms with Gasteiger partial charge in [-0.25, -0.2) is 4.98 Å². The lowest BCUT2D eigenvalue weighted by Crippen LogP contribution is -2.09. The molecule has 0 aromatic carbocycles. The smallest absolute Gasteiger partial charge is 0.226 e. The zero-order valence-corrected chi connectivity index (χ0v) is 12.4. The summed E-state index contributed by atoms with van der Waals surface area (Å²) in [5, 5.41) is 15.4. The van der Waals surface area contributed by atoms with E-state index in [1.54, 1.807) is 10.9 Å². The van der Waals surface area contributed by atoms with Crippen LogP contribution < -0.4 is 5.32 Å². The zero-order chi connectivity index (χ0) is 14.8. The van der Waals surface area contributed by atoms with Crippen molar-refractivity contribution < 1.29 is 0 Å². The molecule has 3 aromatic rings. The second-order valence-corrected chi connectivity index (χ2v) is 4.60. The molecule has 0 spiro atoms. The van der Waals surface area contributed by atoms with E-state index in [-0.39, 0.29) is 0 Å². The minimum absolute atomic E-state index is 0.555. The maximum absolute atomic E-state index is 4.57. The van der Waals surface area contributed by atoms with Gasteiger partial charge < -0.3 is 5.32 Å². The Morgan fingerprint density at radius 3 is 2.71 bits per heavy atom. The first-order valence-corrected chi connectivity index (χ1v) is 7.16. The molecule has 0 unspecified atom stereocenters. The second-order valence-electron chi connectivity index (χ2n) is 4.60. The van der Waals surface area contributed by atoms with Gasteiger partial charge in [0.25, 0.3) is 0 Å². The fourth-order valence-corrected chi connectivity index (χ4v) is 2.16. The lowest BCUT2D eigenvalue weighted by Gasteiger charge is -2.07. The number of nitrogens with zero attached hydrogens (tertiary/aromatic N) is 6. The van der Waals surface area contributed by atoms with Gasteiger partial charge in [-0.05, 0) is 6.92 Å². The third kappa shape index (κ3) is 2.32. The zero-order valence-electron chi connectivity index (χ0n) is 12.4. The number of aromatic amines is 1. The average Bonchev–Trinajstić information content (AvgIpc) is 3.12. The Hall–Kier alpha value is -2.51. The molecule has 0 saturated carbocycles. The van der Waals surface area contributed by atoms with E-state index in [2.05, 4.69) is 42.5 Å². The van der Waals surface area contributed by atoms with Crippen molar-refractivity contribution in [3.8, 4) is 5.82 Å². The monoisotopic (exact) mass is 286 g/mol. The molecule has 0 bridgehead atoms. The summed E-state index contributed by atoms with van der Waals surface area (Å²) < 4.78 is 1.79. The van der Waals surface area contributed by atoms with Crippen LogP contribution in [0.3, 0.4) is 0 Å². The molecule has 110 valence electrons. The molecule has 0 aliphatic heterocycles. The van der Waals surface area contributed by atoms with E-state index in [0.29, 0.717) is 17.4 Å². The van der Waals surface area contributed by atoms with E-state index in [9.17, 15) is 0 Å². The van der Waals surface area contributed by atoms with Gasteiger partial charge in [-0.3, -0.25) is 5.10 Å². The van der Waals surface area contributed by atoms with Crippen molar-refractivity contribution in [2.24, 2.45) is 0 Å². The number of hydrogen-bond donors (Lipinski definition) is 2. The van der Waals surface area contributed by atoms with Crippen LogP contribution in [0.25, 0.3) is 16.9 Å². The molecule has 0 aliphatic rings. The third-order valence-corrected chi connectivity index (χ3v) is 3.18. The van der Waals surface area contributed by atoms with E-state index < -0.39 is 0 Å². The fourth-order valence-electron chi connectivity index (χ4n) is 2.16. The molecule has 0 fully saturated rings. The van der Waals surface area contributed by atoms with E-state index in [1.807, 2.05) is 13.8 Å². The van der Waals surface area contributed by atoms with Crippen molar-refractivity contribution in [2.45, 2.75) is 33.6 Å². The molecular weight excluding hydrogens is 268 g/mol. The Balaban J connectivity index is 2.22. The Kier molecular flexibility index (Phi) is 3.51. The predicted molar refractivity (Wildman–Crippen MR) is 79.5 cm³/mol. The minimum Gasteiger partial charge on any atom is -0.354 e. The quantitative estimate of drug-likeness (QED) is 0.737. The number of hydrogen-bond acceptors (Lipinski definition) is 6. The van der Waals surface area contributed by atoms with Crippen LogP contribution in [0, 0.1) is 0 Å². The van der Waals surface area contributed by atoms with Crippen LogP contribution >= 0.6 is 0 Å². The SMILES string of the molecule is CCNc1nc(-n2nc(CC)nc2CC)c2cn[nH]c2n1. The summed E-state index contributed by atoms with van der Waals surface area (Å²) in [4.78, 5) is 13.5. The second kappa shape index (κ2) is 5.47. The highest BCUT2D eigenvalue weighted by Gasteiger charge is 2.16. The molecule has 0 amide bonds. The lowest BCUT2D eigenvalue weighted by molar-refractivity contribution is 0.773. The van der Waals surface area contributed by atoms with Gasteiger partial charge >= 0.3 is 0 Å². The maximum atomic E-state index is 4.57. The molecular formula is C13H18N8. The van der Waals surface area contributed by atoms with Crippen LogP contribution in [-0.4, -0.2) is 41.5 Å². The molecule has 0 saturated heterocycles. The molecule has 3 heterocycles. The highest BCUT2D eigenvalue weighted by atomic mass is 15.4. The number of aromatic nitrogens is 7. The molecule has 0 radical (unpaired) electrons. The van der Waals surface area contributed by atoms with Crippen molar-refractivity contribution in [3.63, 3.8) is 0 Å². The molecule has 0 aliphatic carbocycles. The highest BCUT2D eigenvalue weighted by molar-refractivity contribution is 5.82. The van der Waals surface area contributed by atoms with Crippen LogP contribution in [0.1, 0.15) is 32.4 Å². The van der Waals surface area contributed by atoms with Crippen molar-refractivity contribution >= 4 is 17.0 Å². The molecule has 21 heavy (non-hydrogen) atoms. The van der Waals surface area contributed by atoms with Crippen molar-refractivity contribution in [3.05, 3.63) is 17.8 Å². The van der Waals surface area contributed by atoms with Crippen molar-refractivity contribution in [1.82, 2.24) is 34.9 Å². The summed E-state index contributed by atoms with van der Waals surface area (Å²) in [6.07, 6.45) is 3.29. The summed E-state index contributed by atoms with van der Waals surface area (Å²) in [7, 11) is 0. The highest BCUT2D eigenvalue weighted by Crippen LogP contribution is 2.20. The number of rotatable bonds is 5. The topological polar surface area (TPSA) is 97.2 Å². The van der Waals surface area contributed by atoms with Crippen LogP contribution in [0.15, 0.2) is 6.20 Å². The Morgan fingerprint density at radius 1 is 1.14 bits per heavy atom. The fraction of sp³-hybridized carbons (Fsp3) is 0.462. The summed E-state index contributed by atoms with van der Waals surface area (Å²) in [6, 6.07) is 0.